The smallest absolute Gasteiger partial charge is 0.259 e. The number of carbonyl (C=O) groups is 1. The van der Waals surface area contributed by atoms with Crippen LogP contribution in [0.2, 0.25) is 0 Å². The standard InChI is InChI=1S/C32H30N2O6/c1-34(20-21-11-16-28(37-2)29(19-21)38-3)17-18-39-23-14-12-22(13-15-23)33-32(36)26-9-6-8-25-30(35)24-7-4-5-10-27(24)40-31(25)26/h4-16,19H,17-18,20H2,1-3H3,(H,33,36). The molecule has 0 bridgehead atoms. The number of hydrogen-bond acceptors (Lipinski definition) is 7. The first-order chi connectivity index (χ1) is 19.5. The maximum Gasteiger partial charge on any atom is 0.259 e. The molecule has 204 valence electrons. The molecule has 5 aromatic rings. The van der Waals surface area contributed by atoms with Gasteiger partial charge < -0.3 is 23.9 Å². The second kappa shape index (κ2) is 11.9. The van der Waals surface area contributed by atoms with Crippen molar-refractivity contribution in [1.29, 1.82) is 0 Å². The van der Waals surface area contributed by atoms with E-state index in [0.717, 1.165) is 12.1 Å². The van der Waals surface area contributed by atoms with Crippen LogP contribution in [0.4, 0.5) is 5.69 Å². The molecular formula is C32H30N2O6. The Bertz CT molecular complexity index is 1710. The van der Waals surface area contributed by atoms with Crippen molar-refractivity contribution in [1.82, 2.24) is 4.90 Å². The summed E-state index contributed by atoms with van der Waals surface area (Å²) in [6.45, 7) is 1.95. The molecule has 1 heterocycles. The average molecular weight is 539 g/mol. The van der Waals surface area contributed by atoms with E-state index in [1.807, 2.05) is 25.2 Å². The van der Waals surface area contributed by atoms with Gasteiger partial charge in [-0.1, -0.05) is 24.3 Å². The number of amides is 1. The molecule has 8 nitrogen and oxygen atoms in total. The van der Waals surface area contributed by atoms with Crippen molar-refractivity contribution in [3.05, 3.63) is 106 Å². The third kappa shape index (κ3) is 5.77. The van der Waals surface area contributed by atoms with Gasteiger partial charge in [-0.2, -0.15) is 0 Å². The number of methoxy groups -OCH3 is 2. The maximum absolute atomic E-state index is 13.1. The summed E-state index contributed by atoms with van der Waals surface area (Å²) in [5.74, 6) is 1.74. The van der Waals surface area contributed by atoms with Crippen LogP contribution in [0.1, 0.15) is 15.9 Å². The number of fused-ring (bicyclic) bond motifs is 2. The highest BCUT2D eigenvalue weighted by Gasteiger charge is 2.16. The lowest BCUT2D eigenvalue weighted by Crippen LogP contribution is -2.23. The summed E-state index contributed by atoms with van der Waals surface area (Å²) in [6.07, 6.45) is 0. The lowest BCUT2D eigenvalue weighted by Gasteiger charge is -2.18. The first-order valence-electron chi connectivity index (χ1n) is 12.8. The van der Waals surface area contributed by atoms with Crippen molar-refractivity contribution < 1.29 is 23.4 Å². The van der Waals surface area contributed by atoms with Gasteiger partial charge in [-0.15, -0.1) is 0 Å². The van der Waals surface area contributed by atoms with Crippen molar-refractivity contribution in [3.8, 4) is 17.2 Å². The van der Waals surface area contributed by atoms with Gasteiger partial charge in [0.25, 0.3) is 5.91 Å². The van der Waals surface area contributed by atoms with Gasteiger partial charge in [-0.05, 0) is 73.3 Å². The van der Waals surface area contributed by atoms with Gasteiger partial charge in [0, 0.05) is 18.8 Å². The predicted molar refractivity (Wildman–Crippen MR) is 156 cm³/mol. The Balaban J connectivity index is 1.18. The summed E-state index contributed by atoms with van der Waals surface area (Å²) in [5.41, 5.74) is 2.54. The van der Waals surface area contributed by atoms with Crippen molar-refractivity contribution in [3.63, 3.8) is 0 Å². The molecule has 1 aromatic heterocycles. The second-order valence-corrected chi connectivity index (χ2v) is 9.36. The number of carbonyl (C=O) groups excluding carboxylic acids is 1. The number of likely N-dealkylation sites (N-methyl/N-ethyl adjacent to an activating group) is 1. The monoisotopic (exact) mass is 538 g/mol. The first kappa shape index (κ1) is 26.8. The molecule has 0 aliphatic rings. The molecule has 40 heavy (non-hydrogen) atoms. The molecule has 0 unspecified atom stereocenters. The number of nitrogens with zero attached hydrogens (tertiary/aromatic N) is 1. The zero-order chi connectivity index (χ0) is 28.1. The van der Waals surface area contributed by atoms with E-state index in [1.54, 1.807) is 80.9 Å². The van der Waals surface area contributed by atoms with Gasteiger partial charge in [-0.25, -0.2) is 0 Å². The number of nitrogens with one attached hydrogen (secondary N) is 1. The van der Waals surface area contributed by atoms with Crippen molar-refractivity contribution >= 4 is 33.5 Å². The van der Waals surface area contributed by atoms with Gasteiger partial charge in [0.1, 0.15) is 17.9 Å². The number of anilines is 1. The topological polar surface area (TPSA) is 90.2 Å². The summed E-state index contributed by atoms with van der Waals surface area (Å²) in [4.78, 5) is 28.2. The van der Waals surface area contributed by atoms with E-state index >= 15 is 0 Å². The van der Waals surface area contributed by atoms with Gasteiger partial charge in [-0.3, -0.25) is 14.5 Å². The van der Waals surface area contributed by atoms with E-state index in [4.69, 9.17) is 18.6 Å². The molecule has 1 N–H and O–H groups in total. The van der Waals surface area contributed by atoms with Crippen LogP contribution < -0.4 is 25.0 Å². The Labute approximate surface area is 231 Å². The minimum absolute atomic E-state index is 0.164. The van der Waals surface area contributed by atoms with Crippen LogP contribution in [0, 0.1) is 0 Å². The summed E-state index contributed by atoms with van der Waals surface area (Å²) < 4.78 is 22.5. The molecule has 1 amide bonds. The summed E-state index contributed by atoms with van der Waals surface area (Å²) in [7, 11) is 5.27. The highest BCUT2D eigenvalue weighted by Crippen LogP contribution is 2.28. The molecule has 0 atom stereocenters. The molecule has 0 aliphatic heterocycles. The number of rotatable bonds is 10. The number of hydrogen-bond donors (Lipinski definition) is 1. The van der Waals surface area contributed by atoms with Crippen LogP contribution in [-0.4, -0.2) is 45.2 Å². The third-order valence-electron chi connectivity index (χ3n) is 6.60. The Morgan fingerprint density at radius 2 is 1.62 bits per heavy atom. The zero-order valence-electron chi connectivity index (χ0n) is 22.6. The Morgan fingerprint density at radius 1 is 0.875 bits per heavy atom. The van der Waals surface area contributed by atoms with Gasteiger partial charge in [0.15, 0.2) is 17.1 Å². The number of ether oxygens (including phenoxy) is 3. The first-order valence-corrected chi connectivity index (χ1v) is 12.8. The van der Waals surface area contributed by atoms with Gasteiger partial charge in [0.2, 0.25) is 5.43 Å². The molecular weight excluding hydrogens is 508 g/mol. The van der Waals surface area contributed by atoms with E-state index in [1.165, 1.54) is 0 Å². The molecule has 0 saturated carbocycles. The Kier molecular flexibility index (Phi) is 7.98. The summed E-state index contributed by atoms with van der Waals surface area (Å²) >= 11 is 0. The number of benzene rings is 4. The highest BCUT2D eigenvalue weighted by atomic mass is 16.5. The molecule has 0 radical (unpaired) electrons. The second-order valence-electron chi connectivity index (χ2n) is 9.36. The van der Waals surface area contributed by atoms with E-state index in [-0.39, 0.29) is 22.5 Å². The predicted octanol–water partition coefficient (Wildman–Crippen LogP) is 5.73. The maximum atomic E-state index is 13.1. The van der Waals surface area contributed by atoms with Crippen LogP contribution in [0.25, 0.3) is 21.9 Å². The van der Waals surface area contributed by atoms with Crippen LogP contribution >= 0.6 is 0 Å². The molecule has 0 spiro atoms. The minimum atomic E-state index is -0.366. The van der Waals surface area contributed by atoms with Crippen molar-refractivity contribution in [2.75, 3.05) is 39.7 Å². The highest BCUT2D eigenvalue weighted by molar-refractivity contribution is 6.12. The minimum Gasteiger partial charge on any atom is -0.493 e. The lowest BCUT2D eigenvalue weighted by molar-refractivity contribution is 0.102. The zero-order valence-corrected chi connectivity index (χ0v) is 22.6. The van der Waals surface area contributed by atoms with Crippen LogP contribution in [0.5, 0.6) is 17.2 Å². The van der Waals surface area contributed by atoms with E-state index in [0.29, 0.717) is 52.4 Å². The normalized spacial score (nSPS) is 11.1. The molecule has 0 aliphatic carbocycles. The van der Waals surface area contributed by atoms with E-state index < -0.39 is 0 Å². The van der Waals surface area contributed by atoms with Crippen LogP contribution in [-0.2, 0) is 6.54 Å². The third-order valence-corrected chi connectivity index (χ3v) is 6.60. The molecule has 0 saturated heterocycles. The molecule has 0 fully saturated rings. The fourth-order valence-electron chi connectivity index (χ4n) is 4.52. The fourth-order valence-corrected chi connectivity index (χ4v) is 4.52. The van der Waals surface area contributed by atoms with E-state index in [9.17, 15) is 9.59 Å². The van der Waals surface area contributed by atoms with Gasteiger partial charge in [0.05, 0.1) is 30.6 Å². The largest absolute Gasteiger partial charge is 0.493 e. The Hall–Kier alpha value is -4.82. The quantitative estimate of drug-likeness (QED) is 0.227. The average Bonchev–Trinajstić information content (AvgIpc) is 2.98. The fraction of sp³-hybridized carbons (Fsp3) is 0.188. The van der Waals surface area contributed by atoms with E-state index in [2.05, 4.69) is 10.2 Å². The van der Waals surface area contributed by atoms with Crippen LogP contribution in [0.3, 0.4) is 0 Å². The molecule has 4 aromatic carbocycles. The Morgan fingerprint density at radius 3 is 2.40 bits per heavy atom. The number of para-hydroxylation sites is 2. The summed E-state index contributed by atoms with van der Waals surface area (Å²) in [5, 5.41) is 3.73. The lowest BCUT2D eigenvalue weighted by atomic mass is 10.1. The van der Waals surface area contributed by atoms with Crippen molar-refractivity contribution in [2.24, 2.45) is 0 Å². The van der Waals surface area contributed by atoms with Crippen molar-refractivity contribution in [2.45, 2.75) is 6.54 Å². The summed E-state index contributed by atoms with van der Waals surface area (Å²) in [6, 6.07) is 25.1. The molecule has 5 rings (SSSR count). The van der Waals surface area contributed by atoms with Crippen LogP contribution in [0.15, 0.2) is 94.1 Å². The molecule has 8 heteroatoms. The SMILES string of the molecule is COc1ccc(CN(C)CCOc2ccc(NC(=O)c3cccc4c(=O)c5ccccc5oc34)cc2)cc1OC. The van der Waals surface area contributed by atoms with Gasteiger partial charge >= 0.3 is 0 Å².